The zero-order valence-corrected chi connectivity index (χ0v) is 28.4. The number of aliphatic imine (C=N–C) groups is 2. The van der Waals surface area contributed by atoms with Gasteiger partial charge in [-0.2, -0.15) is 25.3 Å². The number of nitrogen functional groups attached to an aromatic ring is 1. The van der Waals surface area contributed by atoms with E-state index in [1.165, 1.54) is 36.4 Å². The minimum atomic E-state index is -5.05. The second-order valence-electron chi connectivity index (χ2n) is 10.7. The maximum Gasteiger partial charge on any atom is 0.296 e. The number of carbonyl (C=O) groups excluding carboxylic acids is 2. The van der Waals surface area contributed by atoms with Crippen molar-refractivity contribution >= 4 is 93.2 Å². The second-order valence-corrected chi connectivity index (χ2v) is 15.3. The summed E-state index contributed by atoms with van der Waals surface area (Å²) in [4.78, 5) is 33.4. The minimum absolute atomic E-state index is 0.00577. The molecule has 1 atom stereocenters. The van der Waals surface area contributed by atoms with E-state index >= 15 is 0 Å². The number of anilines is 5. The van der Waals surface area contributed by atoms with Gasteiger partial charge in [-0.15, -0.1) is 0 Å². The van der Waals surface area contributed by atoms with Gasteiger partial charge in [0, 0.05) is 22.5 Å². The molecule has 2 aliphatic rings. The number of benzene rings is 4. The molecule has 0 fully saturated rings. The molecule has 0 saturated carbocycles. The van der Waals surface area contributed by atoms with Gasteiger partial charge in [-0.1, -0.05) is 30.3 Å². The number of ketones is 2. The van der Waals surface area contributed by atoms with Crippen LogP contribution >= 0.6 is 11.6 Å². The van der Waals surface area contributed by atoms with Crippen LogP contribution in [0.25, 0.3) is 0 Å². The maximum absolute atomic E-state index is 13.7. The summed E-state index contributed by atoms with van der Waals surface area (Å²) >= 11 is 6.13. The van der Waals surface area contributed by atoms with Crippen molar-refractivity contribution in [2.75, 3.05) is 21.7 Å². The molecular formula is C29H22ClN7O11S3. The van der Waals surface area contributed by atoms with Gasteiger partial charge in [-0.3, -0.25) is 23.2 Å². The molecule has 1 aliphatic carbocycles. The van der Waals surface area contributed by atoms with Crippen molar-refractivity contribution in [1.82, 2.24) is 5.32 Å². The molecule has 0 amide bonds. The fourth-order valence-electron chi connectivity index (χ4n) is 5.27. The zero-order chi connectivity index (χ0) is 37.0. The number of amidine groups is 1. The first-order valence-corrected chi connectivity index (χ1v) is 18.7. The first kappa shape index (κ1) is 35.4. The van der Waals surface area contributed by atoms with Gasteiger partial charge in [0.05, 0.1) is 33.1 Å². The number of carbonyl (C=O) groups is 2. The van der Waals surface area contributed by atoms with Crippen LogP contribution < -0.4 is 27.0 Å². The van der Waals surface area contributed by atoms with Crippen LogP contribution in [0.15, 0.2) is 97.5 Å². The Bertz CT molecular complexity index is 2600. The van der Waals surface area contributed by atoms with Gasteiger partial charge < -0.3 is 27.0 Å². The molecule has 4 aromatic rings. The molecule has 0 aromatic heterocycles. The van der Waals surface area contributed by atoms with Crippen LogP contribution in [0, 0.1) is 0 Å². The van der Waals surface area contributed by atoms with E-state index in [9.17, 15) is 48.5 Å². The third-order valence-corrected chi connectivity index (χ3v) is 10.2. The summed E-state index contributed by atoms with van der Waals surface area (Å²) in [6.07, 6.45) is -1.40. The Balaban J connectivity index is 1.40. The lowest BCUT2D eigenvalue weighted by molar-refractivity contribution is 0.0980. The van der Waals surface area contributed by atoms with Gasteiger partial charge in [0.15, 0.2) is 11.6 Å². The Morgan fingerprint density at radius 3 is 1.94 bits per heavy atom. The van der Waals surface area contributed by atoms with Crippen LogP contribution in [0.4, 0.5) is 28.4 Å². The Hall–Kier alpha value is -5.42. The van der Waals surface area contributed by atoms with Crippen molar-refractivity contribution in [2.24, 2.45) is 9.98 Å². The molecule has 0 bridgehead atoms. The minimum Gasteiger partial charge on any atom is -0.397 e. The monoisotopic (exact) mass is 775 g/mol. The number of nitrogens with one attached hydrogen (secondary N) is 4. The van der Waals surface area contributed by atoms with E-state index in [0.717, 1.165) is 36.4 Å². The van der Waals surface area contributed by atoms with Crippen molar-refractivity contribution in [2.45, 2.75) is 21.0 Å². The number of rotatable bonds is 8. The Morgan fingerprint density at radius 1 is 0.686 bits per heavy atom. The third-order valence-electron chi connectivity index (χ3n) is 7.40. The number of fused-ring (bicyclic) bond motifs is 2. The molecular weight excluding hydrogens is 754 g/mol. The summed E-state index contributed by atoms with van der Waals surface area (Å²) < 4.78 is 102. The van der Waals surface area contributed by atoms with E-state index in [4.69, 9.17) is 17.3 Å². The van der Waals surface area contributed by atoms with E-state index in [2.05, 4.69) is 31.3 Å². The van der Waals surface area contributed by atoms with Gasteiger partial charge in [0.1, 0.15) is 9.79 Å². The van der Waals surface area contributed by atoms with Crippen LogP contribution in [0.3, 0.4) is 0 Å². The van der Waals surface area contributed by atoms with Crippen LogP contribution in [-0.4, -0.2) is 68.0 Å². The maximum atomic E-state index is 13.7. The summed E-state index contributed by atoms with van der Waals surface area (Å²) in [5.74, 6) is -1.61. The first-order chi connectivity index (χ1) is 23.8. The number of nitrogens with two attached hydrogens (primary N) is 1. The third kappa shape index (κ3) is 7.12. The molecule has 6 rings (SSSR count). The second kappa shape index (κ2) is 12.7. The van der Waals surface area contributed by atoms with E-state index in [-0.39, 0.29) is 50.7 Å². The molecule has 1 heterocycles. The molecule has 9 N–H and O–H groups in total. The lowest BCUT2D eigenvalue weighted by atomic mass is 9.82. The Morgan fingerprint density at radius 2 is 1.31 bits per heavy atom. The zero-order valence-electron chi connectivity index (χ0n) is 25.2. The lowest BCUT2D eigenvalue weighted by Crippen LogP contribution is -2.40. The molecule has 51 heavy (non-hydrogen) atoms. The predicted octanol–water partition coefficient (Wildman–Crippen LogP) is 2.89. The topological polar surface area (TPSA) is 296 Å². The molecule has 1 unspecified atom stereocenters. The molecule has 4 aromatic carbocycles. The van der Waals surface area contributed by atoms with E-state index in [1.807, 2.05) is 0 Å². The van der Waals surface area contributed by atoms with Gasteiger partial charge in [-0.05, 0) is 54.1 Å². The van der Waals surface area contributed by atoms with E-state index in [0.29, 0.717) is 0 Å². The van der Waals surface area contributed by atoms with Crippen LogP contribution in [0.5, 0.6) is 0 Å². The summed E-state index contributed by atoms with van der Waals surface area (Å²) in [6.45, 7) is 0. The number of hydrogen-bond acceptors (Lipinski definition) is 15. The van der Waals surface area contributed by atoms with Crippen LogP contribution in [0.2, 0.25) is 0 Å². The highest BCUT2D eigenvalue weighted by Gasteiger charge is 2.36. The smallest absolute Gasteiger partial charge is 0.296 e. The first-order valence-electron chi connectivity index (χ1n) is 14.0. The largest absolute Gasteiger partial charge is 0.397 e. The fraction of sp³-hybridized carbons (Fsp3) is 0.0345. The fourth-order valence-corrected chi connectivity index (χ4v) is 7.26. The molecule has 0 radical (unpaired) electrons. The quantitative estimate of drug-likeness (QED) is 0.0638. The summed E-state index contributed by atoms with van der Waals surface area (Å²) in [7, 11) is -14.5. The van der Waals surface area contributed by atoms with Crippen molar-refractivity contribution in [1.29, 1.82) is 0 Å². The highest BCUT2D eigenvalue weighted by molar-refractivity contribution is 7.86. The normalized spacial score (nSPS) is 15.9. The standard InChI is InChI=1S/C29H22ClN7O11S3/c30-27-35-28(33-13-4-3-5-15(10-13)49(40,41)42)37-29(36-27)34-18-11-14(8-9-20(18)50(43,44)45)32-19-12-21(51(46,47)48)24(31)23-22(19)25(38)16-6-1-2-7-17(16)26(23)39/h1-12,29,32,34H,31H2,(H,40,41,42)(H,43,44,45)(H,46,47,48)(H2,33,35,36,37). The summed E-state index contributed by atoms with van der Waals surface area (Å²) in [6, 6.07) is 14.8. The average Bonchev–Trinajstić information content (AvgIpc) is 3.02. The van der Waals surface area contributed by atoms with Crippen molar-refractivity contribution < 1.29 is 48.5 Å². The molecule has 264 valence electrons. The van der Waals surface area contributed by atoms with E-state index < -0.39 is 74.1 Å². The van der Waals surface area contributed by atoms with Crippen LogP contribution in [-0.2, 0) is 30.4 Å². The van der Waals surface area contributed by atoms with Gasteiger partial charge in [0.25, 0.3) is 30.4 Å². The molecule has 0 spiro atoms. The highest BCUT2D eigenvalue weighted by atomic mass is 35.5. The van der Waals surface area contributed by atoms with Gasteiger partial charge in [-0.25, -0.2) is 9.98 Å². The van der Waals surface area contributed by atoms with Gasteiger partial charge in [0.2, 0.25) is 17.5 Å². The molecule has 18 nitrogen and oxygen atoms in total. The summed E-state index contributed by atoms with van der Waals surface area (Å²) in [5.41, 5.74) is 3.95. The van der Waals surface area contributed by atoms with Gasteiger partial charge >= 0.3 is 0 Å². The lowest BCUT2D eigenvalue weighted by Gasteiger charge is -2.24. The number of guanidine groups is 1. The average molecular weight is 776 g/mol. The number of hydrogen-bond donors (Lipinski definition) is 8. The number of halogens is 1. The SMILES string of the molecule is Nc1c(S(=O)(=O)O)cc(Nc2ccc(S(=O)(=O)O)c(NC3N=C(Cl)NC(Nc4cccc(S(=O)(=O)O)c4)=N3)c2)c2c1C(=O)c1ccccc1C2=O. The van der Waals surface area contributed by atoms with Crippen molar-refractivity contribution in [3.63, 3.8) is 0 Å². The molecule has 1 aliphatic heterocycles. The number of nitrogens with zero attached hydrogens (tertiary/aromatic N) is 2. The molecule has 22 heteroatoms. The Labute approximate surface area is 293 Å². The van der Waals surface area contributed by atoms with E-state index in [1.54, 1.807) is 0 Å². The van der Waals surface area contributed by atoms with Crippen molar-refractivity contribution in [3.8, 4) is 0 Å². The van der Waals surface area contributed by atoms with Crippen LogP contribution in [0.1, 0.15) is 31.8 Å². The summed E-state index contributed by atoms with van der Waals surface area (Å²) in [5, 5.41) is 10.5. The van der Waals surface area contributed by atoms with Crippen molar-refractivity contribution in [3.05, 3.63) is 95.1 Å². The predicted molar refractivity (Wildman–Crippen MR) is 185 cm³/mol. The Kier molecular flexibility index (Phi) is 8.83. The molecule has 0 saturated heterocycles. The highest BCUT2D eigenvalue weighted by Crippen LogP contribution is 2.40.